The van der Waals surface area contributed by atoms with Gasteiger partial charge in [-0.15, -0.1) is 10.2 Å². The number of hydrogen-bond donors (Lipinski definition) is 0. The van der Waals surface area contributed by atoms with Crippen molar-refractivity contribution >= 4 is 23.1 Å². The highest BCUT2D eigenvalue weighted by molar-refractivity contribution is 6.30. The van der Waals surface area contributed by atoms with Crippen LogP contribution in [0.15, 0.2) is 60.7 Å². The van der Waals surface area contributed by atoms with E-state index in [9.17, 15) is 0 Å². The fourth-order valence-corrected chi connectivity index (χ4v) is 3.46. The molecule has 2 heterocycles. The van der Waals surface area contributed by atoms with E-state index >= 15 is 0 Å². The van der Waals surface area contributed by atoms with E-state index in [0.717, 1.165) is 59.7 Å². The molecule has 27 heavy (non-hydrogen) atoms. The summed E-state index contributed by atoms with van der Waals surface area (Å²) in [6.45, 7) is 3.63. The van der Waals surface area contributed by atoms with Gasteiger partial charge in [-0.25, -0.2) is 0 Å². The highest BCUT2D eigenvalue weighted by Gasteiger charge is 2.20. The zero-order chi connectivity index (χ0) is 18.6. The Morgan fingerprint density at radius 1 is 0.815 bits per heavy atom. The number of rotatable bonds is 4. The van der Waals surface area contributed by atoms with E-state index in [-0.39, 0.29) is 0 Å². The van der Waals surface area contributed by atoms with Crippen LogP contribution in [0.1, 0.15) is 0 Å². The molecule has 1 aliphatic heterocycles. The lowest BCUT2D eigenvalue weighted by Gasteiger charge is -2.37. The molecule has 1 saturated heterocycles. The minimum atomic E-state index is 0.719. The van der Waals surface area contributed by atoms with Crippen LogP contribution in [0.3, 0.4) is 0 Å². The molecular formula is C21H21ClN4O. The van der Waals surface area contributed by atoms with Crippen LogP contribution in [0, 0.1) is 0 Å². The molecule has 5 nitrogen and oxygen atoms in total. The quantitative estimate of drug-likeness (QED) is 0.680. The van der Waals surface area contributed by atoms with E-state index in [1.165, 1.54) is 0 Å². The Bertz CT molecular complexity index is 891. The van der Waals surface area contributed by atoms with Crippen molar-refractivity contribution in [1.82, 2.24) is 10.2 Å². The molecule has 6 heteroatoms. The van der Waals surface area contributed by atoms with Gasteiger partial charge in [0.15, 0.2) is 5.82 Å². The minimum Gasteiger partial charge on any atom is -0.495 e. The number of nitrogens with zero attached hydrogens (tertiary/aromatic N) is 4. The largest absolute Gasteiger partial charge is 0.495 e. The van der Waals surface area contributed by atoms with Gasteiger partial charge < -0.3 is 14.5 Å². The maximum atomic E-state index is 5.95. The summed E-state index contributed by atoms with van der Waals surface area (Å²) in [5, 5.41) is 9.54. The molecule has 0 amide bonds. The lowest BCUT2D eigenvalue weighted by molar-refractivity contribution is 0.413. The average molecular weight is 381 g/mol. The minimum absolute atomic E-state index is 0.719. The normalized spacial score (nSPS) is 14.3. The summed E-state index contributed by atoms with van der Waals surface area (Å²) in [7, 11) is 1.72. The van der Waals surface area contributed by atoms with Crippen LogP contribution in [0.25, 0.3) is 11.3 Å². The van der Waals surface area contributed by atoms with Crippen molar-refractivity contribution in [2.45, 2.75) is 0 Å². The van der Waals surface area contributed by atoms with Gasteiger partial charge in [0, 0.05) is 36.8 Å². The highest BCUT2D eigenvalue weighted by Crippen LogP contribution is 2.29. The molecule has 4 rings (SSSR count). The van der Waals surface area contributed by atoms with E-state index in [1.54, 1.807) is 7.11 Å². The van der Waals surface area contributed by atoms with Gasteiger partial charge in [0.25, 0.3) is 0 Å². The monoisotopic (exact) mass is 380 g/mol. The first-order valence-corrected chi connectivity index (χ1v) is 9.35. The number of ether oxygens (including phenoxy) is 1. The fourth-order valence-electron chi connectivity index (χ4n) is 3.34. The predicted octanol–water partition coefficient (Wildman–Crippen LogP) is 4.13. The SMILES string of the molecule is COc1ccccc1N1CCN(c2ccc(-c3ccc(Cl)cc3)nn2)CC1. The second-order valence-corrected chi connectivity index (χ2v) is 6.87. The average Bonchev–Trinajstić information content (AvgIpc) is 2.74. The highest BCUT2D eigenvalue weighted by atomic mass is 35.5. The van der Waals surface area contributed by atoms with Gasteiger partial charge in [0.1, 0.15) is 5.75 Å². The van der Waals surface area contributed by atoms with Crippen LogP contribution in [-0.4, -0.2) is 43.5 Å². The Balaban J connectivity index is 1.43. The molecule has 0 bridgehead atoms. The smallest absolute Gasteiger partial charge is 0.151 e. The van der Waals surface area contributed by atoms with Crippen LogP contribution in [0.4, 0.5) is 11.5 Å². The molecule has 0 spiro atoms. The number of piperazine rings is 1. The summed E-state index contributed by atoms with van der Waals surface area (Å²) in [6.07, 6.45) is 0. The molecule has 1 aromatic heterocycles. The Kier molecular flexibility index (Phi) is 5.12. The molecule has 0 N–H and O–H groups in total. The van der Waals surface area contributed by atoms with Crippen molar-refractivity contribution < 1.29 is 4.74 Å². The van der Waals surface area contributed by atoms with Gasteiger partial charge in [0.2, 0.25) is 0 Å². The van der Waals surface area contributed by atoms with Gasteiger partial charge in [-0.05, 0) is 36.4 Å². The molecule has 0 atom stereocenters. The number of halogens is 1. The third kappa shape index (κ3) is 3.83. The molecule has 0 radical (unpaired) electrons. The molecule has 0 saturated carbocycles. The van der Waals surface area contributed by atoms with Crippen molar-refractivity contribution in [1.29, 1.82) is 0 Å². The van der Waals surface area contributed by atoms with Crippen LogP contribution in [0.5, 0.6) is 5.75 Å². The second kappa shape index (κ2) is 7.84. The predicted molar refractivity (Wildman–Crippen MR) is 110 cm³/mol. The number of benzene rings is 2. The molecule has 3 aromatic rings. The number of aromatic nitrogens is 2. The van der Waals surface area contributed by atoms with Crippen LogP contribution in [0.2, 0.25) is 5.02 Å². The third-order valence-electron chi connectivity index (χ3n) is 4.82. The van der Waals surface area contributed by atoms with Crippen LogP contribution in [-0.2, 0) is 0 Å². The Labute approximate surface area is 164 Å². The van der Waals surface area contributed by atoms with Crippen molar-refractivity contribution in [2.24, 2.45) is 0 Å². The molecule has 0 unspecified atom stereocenters. The number of para-hydroxylation sites is 2. The second-order valence-electron chi connectivity index (χ2n) is 6.43. The standard InChI is InChI=1S/C21H21ClN4O/c1-27-20-5-3-2-4-19(20)25-12-14-26(15-13-25)21-11-10-18(23-24-21)16-6-8-17(22)9-7-16/h2-11H,12-15H2,1H3. The summed E-state index contributed by atoms with van der Waals surface area (Å²) in [5.74, 6) is 1.82. The lowest BCUT2D eigenvalue weighted by atomic mass is 10.1. The summed E-state index contributed by atoms with van der Waals surface area (Å²) >= 11 is 5.95. The first-order valence-electron chi connectivity index (χ1n) is 8.97. The number of hydrogen-bond acceptors (Lipinski definition) is 5. The first-order chi connectivity index (χ1) is 13.2. The maximum absolute atomic E-state index is 5.95. The van der Waals surface area contributed by atoms with E-state index < -0.39 is 0 Å². The topological polar surface area (TPSA) is 41.5 Å². The number of anilines is 2. The van der Waals surface area contributed by atoms with Gasteiger partial charge >= 0.3 is 0 Å². The molecule has 0 aliphatic carbocycles. The zero-order valence-corrected chi connectivity index (χ0v) is 15.9. The molecular weight excluding hydrogens is 360 g/mol. The molecule has 138 valence electrons. The van der Waals surface area contributed by atoms with Gasteiger partial charge in [-0.2, -0.15) is 0 Å². The summed E-state index contributed by atoms with van der Waals surface area (Å²) < 4.78 is 5.49. The summed E-state index contributed by atoms with van der Waals surface area (Å²) in [5.41, 5.74) is 3.01. The molecule has 1 fully saturated rings. The fraction of sp³-hybridized carbons (Fsp3) is 0.238. The third-order valence-corrected chi connectivity index (χ3v) is 5.07. The lowest BCUT2D eigenvalue weighted by Crippen LogP contribution is -2.47. The van der Waals surface area contributed by atoms with Crippen molar-refractivity contribution in [3.63, 3.8) is 0 Å². The van der Waals surface area contributed by atoms with Crippen LogP contribution >= 0.6 is 11.6 Å². The van der Waals surface area contributed by atoms with Gasteiger partial charge in [0.05, 0.1) is 18.5 Å². The van der Waals surface area contributed by atoms with E-state index in [1.807, 2.05) is 54.6 Å². The van der Waals surface area contributed by atoms with Gasteiger partial charge in [-0.3, -0.25) is 0 Å². The summed E-state index contributed by atoms with van der Waals surface area (Å²) in [4.78, 5) is 4.62. The summed E-state index contributed by atoms with van der Waals surface area (Å²) in [6, 6.07) is 19.8. The van der Waals surface area contributed by atoms with Crippen molar-refractivity contribution in [3.05, 3.63) is 65.7 Å². The van der Waals surface area contributed by atoms with Gasteiger partial charge in [-0.1, -0.05) is 35.9 Å². The Morgan fingerprint density at radius 2 is 1.52 bits per heavy atom. The number of methoxy groups -OCH3 is 1. The van der Waals surface area contributed by atoms with E-state index in [4.69, 9.17) is 16.3 Å². The van der Waals surface area contributed by atoms with E-state index in [0.29, 0.717) is 0 Å². The van der Waals surface area contributed by atoms with Crippen molar-refractivity contribution in [3.8, 4) is 17.0 Å². The molecule has 2 aromatic carbocycles. The van der Waals surface area contributed by atoms with Crippen molar-refractivity contribution in [2.75, 3.05) is 43.1 Å². The Hall–Kier alpha value is -2.79. The van der Waals surface area contributed by atoms with Crippen LogP contribution < -0.4 is 14.5 Å². The Morgan fingerprint density at radius 3 is 2.19 bits per heavy atom. The molecule has 1 aliphatic rings. The zero-order valence-electron chi connectivity index (χ0n) is 15.2. The first kappa shape index (κ1) is 17.6. The maximum Gasteiger partial charge on any atom is 0.151 e. The van der Waals surface area contributed by atoms with E-state index in [2.05, 4.69) is 26.1 Å².